The number of halogens is 6. The third kappa shape index (κ3) is 2.84. The van der Waals surface area contributed by atoms with Crippen molar-refractivity contribution in [1.82, 2.24) is 0 Å². The Morgan fingerprint density at radius 2 is 1.53 bits per heavy atom. The van der Waals surface area contributed by atoms with Gasteiger partial charge in [0, 0.05) is 11.1 Å². The van der Waals surface area contributed by atoms with Crippen molar-refractivity contribution in [3.63, 3.8) is 0 Å². The smallest absolute Gasteiger partial charge is 0.163 e. The molecule has 0 radical (unpaired) electrons. The van der Waals surface area contributed by atoms with E-state index in [9.17, 15) is 17.6 Å². The Morgan fingerprint density at radius 1 is 0.842 bits per heavy atom. The molecule has 0 spiro atoms. The van der Waals surface area contributed by atoms with Gasteiger partial charge in [0.05, 0.1) is 9.30 Å². The molecule has 0 aromatic heterocycles. The van der Waals surface area contributed by atoms with Gasteiger partial charge in [-0.1, -0.05) is 28.1 Å². The first-order chi connectivity index (χ1) is 8.91. The second-order valence-electron chi connectivity index (χ2n) is 3.79. The Hall–Kier alpha value is -0.880. The maximum atomic E-state index is 13.8. The van der Waals surface area contributed by atoms with Crippen LogP contribution in [0.5, 0.6) is 0 Å². The molecule has 0 aliphatic heterocycles. The summed E-state index contributed by atoms with van der Waals surface area (Å²) in [7, 11) is 0. The first-order valence-corrected chi connectivity index (χ1v) is 6.85. The van der Waals surface area contributed by atoms with Crippen LogP contribution in [0.25, 0.3) is 0 Å². The summed E-state index contributed by atoms with van der Waals surface area (Å²) in [4.78, 5) is -0.981. The first kappa shape index (κ1) is 14.5. The van der Waals surface area contributed by atoms with Crippen molar-refractivity contribution in [2.75, 3.05) is 0 Å². The van der Waals surface area contributed by atoms with E-state index in [1.165, 1.54) is 12.1 Å². The van der Waals surface area contributed by atoms with Gasteiger partial charge in [-0.15, -0.1) is 0 Å². The van der Waals surface area contributed by atoms with Gasteiger partial charge in [-0.2, -0.15) is 0 Å². The largest absolute Gasteiger partial charge is 0.207 e. The molecule has 0 aliphatic rings. The predicted molar refractivity (Wildman–Crippen MR) is 71.2 cm³/mol. The molecule has 1 unspecified atom stereocenters. The Morgan fingerprint density at radius 3 is 2.21 bits per heavy atom. The summed E-state index contributed by atoms with van der Waals surface area (Å²) in [5.41, 5.74) is -0.203. The van der Waals surface area contributed by atoms with Crippen molar-refractivity contribution in [3.05, 3.63) is 69.2 Å². The molecule has 0 N–H and O–H groups in total. The molecule has 0 bridgehead atoms. The van der Waals surface area contributed by atoms with E-state index in [2.05, 4.69) is 31.9 Å². The average Bonchev–Trinajstić information content (AvgIpc) is 2.36. The second kappa shape index (κ2) is 5.63. The van der Waals surface area contributed by atoms with Crippen molar-refractivity contribution in [2.45, 2.75) is 4.83 Å². The van der Waals surface area contributed by atoms with Crippen LogP contribution < -0.4 is 0 Å². The zero-order valence-corrected chi connectivity index (χ0v) is 12.4. The van der Waals surface area contributed by atoms with Crippen molar-refractivity contribution in [2.24, 2.45) is 0 Å². The van der Waals surface area contributed by atoms with Crippen molar-refractivity contribution >= 4 is 31.9 Å². The lowest BCUT2D eigenvalue weighted by Crippen LogP contribution is -2.02. The fourth-order valence-corrected chi connectivity index (χ4v) is 2.64. The topological polar surface area (TPSA) is 0 Å². The number of hydrogen-bond donors (Lipinski definition) is 0. The minimum absolute atomic E-state index is 0.0341. The normalized spacial score (nSPS) is 12.5. The van der Waals surface area contributed by atoms with E-state index >= 15 is 0 Å². The second-order valence-corrected chi connectivity index (χ2v) is 5.56. The van der Waals surface area contributed by atoms with Crippen LogP contribution in [0, 0.1) is 23.3 Å². The Bertz CT molecular complexity index is 628. The fraction of sp³-hybridized carbons (Fsp3) is 0.0769. The Kier molecular flexibility index (Phi) is 4.30. The minimum Gasteiger partial charge on any atom is -0.207 e. The monoisotopic (exact) mass is 396 g/mol. The molecule has 2 aromatic rings. The molecular formula is C13H6Br2F4. The summed E-state index contributed by atoms with van der Waals surface area (Å²) < 4.78 is 53.9. The molecule has 0 saturated carbocycles. The summed E-state index contributed by atoms with van der Waals surface area (Å²) in [6.45, 7) is 0. The van der Waals surface area contributed by atoms with Gasteiger partial charge in [0.15, 0.2) is 11.6 Å². The predicted octanol–water partition coefficient (Wildman–Crippen LogP) is 5.49. The van der Waals surface area contributed by atoms with Gasteiger partial charge in [-0.3, -0.25) is 0 Å². The average molecular weight is 398 g/mol. The molecule has 0 amide bonds. The summed E-state index contributed by atoms with van der Waals surface area (Å²) >= 11 is 5.91. The van der Waals surface area contributed by atoms with Crippen LogP contribution >= 0.6 is 31.9 Å². The van der Waals surface area contributed by atoms with Crippen LogP contribution in [0.2, 0.25) is 0 Å². The molecule has 1 atom stereocenters. The van der Waals surface area contributed by atoms with E-state index < -0.39 is 28.1 Å². The third-order valence-electron chi connectivity index (χ3n) is 2.57. The quantitative estimate of drug-likeness (QED) is 0.357. The van der Waals surface area contributed by atoms with Crippen LogP contribution in [-0.4, -0.2) is 0 Å². The molecule has 6 heteroatoms. The van der Waals surface area contributed by atoms with E-state index in [-0.39, 0.29) is 15.6 Å². The molecular weight excluding hydrogens is 392 g/mol. The number of hydrogen-bond acceptors (Lipinski definition) is 0. The molecule has 0 fully saturated rings. The van der Waals surface area contributed by atoms with Gasteiger partial charge < -0.3 is 0 Å². The molecule has 0 nitrogen and oxygen atoms in total. The van der Waals surface area contributed by atoms with Crippen LogP contribution in [0.1, 0.15) is 16.0 Å². The van der Waals surface area contributed by atoms with Gasteiger partial charge in [0.1, 0.15) is 11.6 Å². The van der Waals surface area contributed by atoms with E-state index in [1.54, 1.807) is 0 Å². The van der Waals surface area contributed by atoms with Crippen molar-refractivity contribution < 1.29 is 17.6 Å². The number of rotatable bonds is 2. The van der Waals surface area contributed by atoms with Crippen LogP contribution in [0.4, 0.5) is 17.6 Å². The highest BCUT2D eigenvalue weighted by Crippen LogP contribution is 2.36. The summed E-state index contributed by atoms with van der Waals surface area (Å²) in [6, 6.07) is 5.43. The van der Waals surface area contributed by atoms with Crippen molar-refractivity contribution in [1.29, 1.82) is 0 Å². The van der Waals surface area contributed by atoms with Crippen LogP contribution in [0.3, 0.4) is 0 Å². The molecule has 2 aromatic carbocycles. The van der Waals surface area contributed by atoms with Crippen LogP contribution in [-0.2, 0) is 0 Å². The molecule has 19 heavy (non-hydrogen) atoms. The summed E-state index contributed by atoms with van der Waals surface area (Å²) in [5.74, 6) is -3.54. The maximum absolute atomic E-state index is 13.8. The highest BCUT2D eigenvalue weighted by Gasteiger charge is 2.21. The van der Waals surface area contributed by atoms with Gasteiger partial charge in [-0.25, -0.2) is 17.6 Å². The van der Waals surface area contributed by atoms with Gasteiger partial charge in [0.2, 0.25) is 0 Å². The molecule has 0 saturated heterocycles. The zero-order chi connectivity index (χ0) is 14.2. The lowest BCUT2D eigenvalue weighted by atomic mass is 10.0. The molecule has 2 rings (SSSR count). The summed E-state index contributed by atoms with van der Waals surface area (Å²) in [6.07, 6.45) is 0. The van der Waals surface area contributed by atoms with Crippen molar-refractivity contribution in [3.8, 4) is 0 Å². The lowest BCUT2D eigenvalue weighted by Gasteiger charge is -2.13. The first-order valence-electron chi connectivity index (χ1n) is 5.14. The van der Waals surface area contributed by atoms with E-state index in [0.29, 0.717) is 0 Å². The maximum Gasteiger partial charge on any atom is 0.163 e. The van der Waals surface area contributed by atoms with E-state index in [0.717, 1.165) is 18.2 Å². The van der Waals surface area contributed by atoms with Gasteiger partial charge in [-0.05, 0) is 34.1 Å². The highest BCUT2D eigenvalue weighted by atomic mass is 79.9. The number of alkyl halides is 1. The molecule has 100 valence electrons. The Balaban J connectivity index is 2.53. The lowest BCUT2D eigenvalue weighted by molar-refractivity contribution is 0.499. The SMILES string of the molecule is Fc1cc(C(Br)c2cccc(F)c2F)c(F)cc1Br. The van der Waals surface area contributed by atoms with Crippen LogP contribution in [0.15, 0.2) is 34.8 Å². The fourth-order valence-electron chi connectivity index (χ4n) is 1.62. The Labute approximate surface area is 123 Å². The molecule has 0 aliphatic carbocycles. The zero-order valence-electron chi connectivity index (χ0n) is 9.23. The standard InChI is InChI=1S/C13H6Br2F4/c14-8-5-10(17)7(4-11(8)18)12(15)6-2-1-3-9(16)13(6)19/h1-5,12H. The third-order valence-corrected chi connectivity index (χ3v) is 4.16. The van der Waals surface area contributed by atoms with Gasteiger partial charge >= 0.3 is 0 Å². The van der Waals surface area contributed by atoms with E-state index in [1.807, 2.05) is 0 Å². The summed E-state index contributed by atoms with van der Waals surface area (Å²) in [5, 5.41) is 0. The van der Waals surface area contributed by atoms with Gasteiger partial charge in [0.25, 0.3) is 0 Å². The molecule has 0 heterocycles. The minimum atomic E-state index is -1.09. The highest BCUT2D eigenvalue weighted by molar-refractivity contribution is 9.10. The number of benzene rings is 2. The van der Waals surface area contributed by atoms with E-state index in [4.69, 9.17) is 0 Å².